The Morgan fingerprint density at radius 3 is 2.33 bits per heavy atom. The summed E-state index contributed by atoms with van der Waals surface area (Å²) >= 11 is 0. The van der Waals surface area contributed by atoms with Crippen molar-refractivity contribution in [3.05, 3.63) is 35.4 Å². The summed E-state index contributed by atoms with van der Waals surface area (Å²) in [6, 6.07) is 3.81. The van der Waals surface area contributed by atoms with E-state index in [-0.39, 0.29) is 24.3 Å². The molecule has 1 saturated carbocycles. The molecule has 1 aliphatic carbocycles. The standard InChI is InChI=1S/C11H13F2NO/c12-9-2-1-3-10(13)8(9)6-14-11(7-15)4-5-11/h1-3,14-15H,4-7H2. The van der Waals surface area contributed by atoms with Gasteiger partial charge < -0.3 is 10.4 Å². The molecule has 0 aromatic heterocycles. The topological polar surface area (TPSA) is 32.3 Å². The molecule has 0 aliphatic heterocycles. The van der Waals surface area contributed by atoms with Gasteiger partial charge in [-0.3, -0.25) is 0 Å². The van der Waals surface area contributed by atoms with Crippen molar-refractivity contribution in [3.8, 4) is 0 Å². The molecule has 0 radical (unpaired) electrons. The van der Waals surface area contributed by atoms with Crippen LogP contribution in [0.15, 0.2) is 18.2 Å². The number of rotatable bonds is 4. The van der Waals surface area contributed by atoms with Crippen molar-refractivity contribution in [3.63, 3.8) is 0 Å². The highest BCUT2D eigenvalue weighted by molar-refractivity contribution is 5.20. The van der Waals surface area contributed by atoms with Crippen molar-refractivity contribution in [2.24, 2.45) is 0 Å². The summed E-state index contributed by atoms with van der Waals surface area (Å²) < 4.78 is 26.4. The first-order chi connectivity index (χ1) is 7.17. The molecule has 1 aromatic carbocycles. The molecule has 0 atom stereocenters. The van der Waals surface area contributed by atoms with Crippen molar-refractivity contribution in [2.75, 3.05) is 6.61 Å². The van der Waals surface area contributed by atoms with Gasteiger partial charge in [-0.25, -0.2) is 8.78 Å². The smallest absolute Gasteiger partial charge is 0.130 e. The maximum atomic E-state index is 13.2. The van der Waals surface area contributed by atoms with Crippen LogP contribution in [0.1, 0.15) is 18.4 Å². The predicted molar refractivity (Wildman–Crippen MR) is 52.2 cm³/mol. The van der Waals surface area contributed by atoms with Crippen LogP contribution in [-0.4, -0.2) is 17.3 Å². The molecular formula is C11H13F2NO. The van der Waals surface area contributed by atoms with E-state index in [0.29, 0.717) is 0 Å². The molecule has 1 aromatic rings. The Hall–Kier alpha value is -1.00. The van der Waals surface area contributed by atoms with Crippen molar-refractivity contribution in [1.29, 1.82) is 0 Å². The Balaban J connectivity index is 2.05. The van der Waals surface area contributed by atoms with E-state index in [9.17, 15) is 8.78 Å². The van der Waals surface area contributed by atoms with Crippen LogP contribution in [0, 0.1) is 11.6 Å². The van der Waals surface area contributed by atoms with Gasteiger partial charge in [-0.1, -0.05) is 6.07 Å². The van der Waals surface area contributed by atoms with E-state index >= 15 is 0 Å². The van der Waals surface area contributed by atoms with E-state index in [1.165, 1.54) is 18.2 Å². The van der Waals surface area contributed by atoms with Gasteiger partial charge in [-0.2, -0.15) is 0 Å². The zero-order valence-corrected chi connectivity index (χ0v) is 8.26. The van der Waals surface area contributed by atoms with Gasteiger partial charge in [0.2, 0.25) is 0 Å². The Morgan fingerprint density at radius 2 is 1.87 bits per heavy atom. The van der Waals surface area contributed by atoms with Gasteiger partial charge in [-0.15, -0.1) is 0 Å². The maximum absolute atomic E-state index is 13.2. The molecule has 0 bridgehead atoms. The lowest BCUT2D eigenvalue weighted by Gasteiger charge is -2.14. The molecule has 2 nitrogen and oxygen atoms in total. The highest BCUT2D eigenvalue weighted by Gasteiger charge is 2.41. The first kappa shape index (κ1) is 10.5. The summed E-state index contributed by atoms with van der Waals surface area (Å²) in [6.45, 7) is 0.141. The lowest BCUT2D eigenvalue weighted by Crippen LogP contribution is -2.34. The molecule has 0 amide bonds. The van der Waals surface area contributed by atoms with Crippen LogP contribution >= 0.6 is 0 Å². The molecule has 1 fully saturated rings. The fraction of sp³-hybridized carbons (Fsp3) is 0.455. The number of benzene rings is 1. The molecule has 4 heteroatoms. The van der Waals surface area contributed by atoms with Crippen LogP contribution in [0.5, 0.6) is 0 Å². The van der Waals surface area contributed by atoms with Crippen molar-refractivity contribution in [1.82, 2.24) is 5.32 Å². The molecule has 82 valence electrons. The lowest BCUT2D eigenvalue weighted by molar-refractivity contribution is 0.228. The third kappa shape index (κ3) is 2.16. The summed E-state index contributed by atoms with van der Waals surface area (Å²) in [5.74, 6) is -1.09. The predicted octanol–water partition coefficient (Wildman–Crippen LogP) is 1.58. The zero-order valence-electron chi connectivity index (χ0n) is 8.26. The average Bonchev–Trinajstić information content (AvgIpc) is 2.98. The van der Waals surface area contributed by atoms with Crippen molar-refractivity contribution >= 4 is 0 Å². The van der Waals surface area contributed by atoms with E-state index in [4.69, 9.17) is 5.11 Å². The van der Waals surface area contributed by atoms with Crippen LogP contribution in [-0.2, 0) is 6.54 Å². The summed E-state index contributed by atoms with van der Waals surface area (Å²) in [7, 11) is 0. The second-order valence-electron chi connectivity index (χ2n) is 3.99. The summed E-state index contributed by atoms with van der Waals surface area (Å²) in [6.07, 6.45) is 1.72. The largest absolute Gasteiger partial charge is 0.394 e. The maximum Gasteiger partial charge on any atom is 0.130 e. The zero-order chi connectivity index (χ0) is 10.9. The highest BCUT2D eigenvalue weighted by atomic mass is 19.1. The van der Waals surface area contributed by atoms with E-state index in [1.54, 1.807) is 0 Å². The lowest BCUT2D eigenvalue weighted by atomic mass is 10.1. The van der Waals surface area contributed by atoms with Crippen LogP contribution in [0.4, 0.5) is 8.78 Å². The molecule has 2 rings (SSSR count). The van der Waals surface area contributed by atoms with E-state index in [2.05, 4.69) is 5.32 Å². The molecule has 2 N–H and O–H groups in total. The van der Waals surface area contributed by atoms with Gasteiger partial charge in [0.05, 0.1) is 6.61 Å². The molecule has 0 spiro atoms. The van der Waals surface area contributed by atoms with E-state index < -0.39 is 11.6 Å². The first-order valence-corrected chi connectivity index (χ1v) is 4.96. The van der Waals surface area contributed by atoms with Crippen LogP contribution in [0.25, 0.3) is 0 Å². The molecule has 15 heavy (non-hydrogen) atoms. The Morgan fingerprint density at radius 1 is 1.27 bits per heavy atom. The van der Waals surface area contributed by atoms with Crippen LogP contribution in [0.3, 0.4) is 0 Å². The normalized spacial score (nSPS) is 17.8. The monoisotopic (exact) mass is 213 g/mol. The molecule has 0 saturated heterocycles. The number of hydrogen-bond acceptors (Lipinski definition) is 2. The minimum absolute atomic E-state index is 0.0169. The van der Waals surface area contributed by atoms with Crippen molar-refractivity contribution in [2.45, 2.75) is 24.9 Å². The Kier molecular flexibility index (Phi) is 2.71. The highest BCUT2D eigenvalue weighted by Crippen LogP contribution is 2.35. The molecule has 0 unspecified atom stereocenters. The van der Waals surface area contributed by atoms with Gasteiger partial charge in [-0.05, 0) is 25.0 Å². The van der Waals surface area contributed by atoms with E-state index in [0.717, 1.165) is 12.8 Å². The average molecular weight is 213 g/mol. The van der Waals surface area contributed by atoms with Gasteiger partial charge in [0, 0.05) is 17.6 Å². The third-order valence-corrected chi connectivity index (χ3v) is 2.86. The Labute approximate surface area is 86.9 Å². The molecule has 0 heterocycles. The minimum Gasteiger partial charge on any atom is -0.394 e. The second-order valence-corrected chi connectivity index (χ2v) is 3.99. The summed E-state index contributed by atoms with van der Waals surface area (Å²) in [5, 5.41) is 12.0. The van der Waals surface area contributed by atoms with Crippen LogP contribution in [0.2, 0.25) is 0 Å². The second kappa shape index (κ2) is 3.87. The summed E-state index contributed by atoms with van der Waals surface area (Å²) in [4.78, 5) is 0. The number of nitrogens with one attached hydrogen (secondary N) is 1. The third-order valence-electron chi connectivity index (χ3n) is 2.86. The fourth-order valence-corrected chi connectivity index (χ4v) is 1.52. The number of aliphatic hydroxyl groups excluding tert-OH is 1. The van der Waals surface area contributed by atoms with Crippen LogP contribution < -0.4 is 5.32 Å². The summed E-state index contributed by atoms with van der Waals surface area (Å²) in [5.41, 5.74) is -0.258. The number of halogens is 2. The SMILES string of the molecule is OCC1(NCc2c(F)cccc2F)CC1. The van der Waals surface area contributed by atoms with Gasteiger partial charge in [0.25, 0.3) is 0 Å². The minimum atomic E-state index is -0.545. The van der Waals surface area contributed by atoms with Gasteiger partial charge in [0.15, 0.2) is 0 Å². The quantitative estimate of drug-likeness (QED) is 0.795. The number of aliphatic hydroxyl groups is 1. The Bertz CT molecular complexity index is 343. The van der Waals surface area contributed by atoms with Gasteiger partial charge >= 0.3 is 0 Å². The van der Waals surface area contributed by atoms with Gasteiger partial charge in [0.1, 0.15) is 11.6 Å². The van der Waals surface area contributed by atoms with E-state index in [1.807, 2.05) is 0 Å². The molecule has 1 aliphatic rings. The fourth-order valence-electron chi connectivity index (χ4n) is 1.52. The number of hydrogen-bond donors (Lipinski definition) is 2. The molecular weight excluding hydrogens is 200 g/mol. The first-order valence-electron chi connectivity index (χ1n) is 4.96. The van der Waals surface area contributed by atoms with Crippen molar-refractivity contribution < 1.29 is 13.9 Å².